The lowest BCUT2D eigenvalue weighted by Gasteiger charge is -2.32. The van der Waals surface area contributed by atoms with Crippen LogP contribution in [-0.2, 0) is 0 Å². The number of hydrogen-bond acceptors (Lipinski definition) is 2. The summed E-state index contributed by atoms with van der Waals surface area (Å²) in [4.78, 5) is 2.73. The van der Waals surface area contributed by atoms with Crippen molar-refractivity contribution in [2.75, 3.05) is 13.1 Å². The highest BCUT2D eigenvalue weighted by Gasteiger charge is 2.41. The van der Waals surface area contributed by atoms with E-state index in [0.717, 1.165) is 24.0 Å². The van der Waals surface area contributed by atoms with Crippen molar-refractivity contribution in [3.63, 3.8) is 0 Å². The first-order valence-electron chi connectivity index (χ1n) is 6.88. The van der Waals surface area contributed by atoms with Crippen molar-refractivity contribution < 1.29 is 0 Å². The maximum Gasteiger partial charge on any atom is 0.0249 e. The van der Waals surface area contributed by atoms with Gasteiger partial charge in [-0.3, -0.25) is 4.90 Å². The van der Waals surface area contributed by atoms with Crippen molar-refractivity contribution in [2.24, 2.45) is 5.92 Å². The maximum atomic E-state index is 3.91. The quantitative estimate of drug-likeness (QED) is 0.763. The van der Waals surface area contributed by atoms with E-state index in [0.29, 0.717) is 0 Å². The molecule has 0 amide bonds. The molecule has 3 fully saturated rings. The molecule has 1 saturated carbocycles. The third kappa shape index (κ3) is 1.94. The molecule has 0 spiro atoms. The molecular weight excluding hydrogens is 184 g/mol. The van der Waals surface area contributed by atoms with Crippen molar-refractivity contribution >= 4 is 0 Å². The first kappa shape index (κ1) is 10.1. The molecule has 3 rings (SSSR count). The van der Waals surface area contributed by atoms with Gasteiger partial charge in [-0.05, 0) is 38.1 Å². The van der Waals surface area contributed by atoms with Gasteiger partial charge < -0.3 is 5.32 Å². The molecule has 0 aromatic rings. The summed E-state index contributed by atoms with van der Waals surface area (Å²) < 4.78 is 0. The summed E-state index contributed by atoms with van der Waals surface area (Å²) in [7, 11) is 0. The number of fused-ring (bicyclic) bond motifs is 1. The van der Waals surface area contributed by atoms with Gasteiger partial charge >= 0.3 is 0 Å². The van der Waals surface area contributed by atoms with E-state index in [9.17, 15) is 0 Å². The second-order valence-corrected chi connectivity index (χ2v) is 5.67. The van der Waals surface area contributed by atoms with Crippen LogP contribution in [0.4, 0.5) is 0 Å². The minimum absolute atomic E-state index is 0.826. The van der Waals surface area contributed by atoms with Crippen molar-refractivity contribution in [3.05, 3.63) is 0 Å². The Balaban J connectivity index is 1.54. The fraction of sp³-hybridized carbons (Fsp3) is 1.00. The van der Waals surface area contributed by atoms with E-state index >= 15 is 0 Å². The number of nitrogens with zero attached hydrogens (tertiary/aromatic N) is 1. The van der Waals surface area contributed by atoms with Crippen LogP contribution in [0.25, 0.3) is 0 Å². The molecule has 0 radical (unpaired) electrons. The lowest BCUT2D eigenvalue weighted by Crippen LogP contribution is -2.45. The van der Waals surface area contributed by atoms with Gasteiger partial charge in [-0.15, -0.1) is 0 Å². The number of nitrogens with one attached hydrogen (secondary N) is 1. The molecule has 2 nitrogen and oxygen atoms in total. The predicted octanol–water partition coefficient (Wildman–Crippen LogP) is 2.00. The van der Waals surface area contributed by atoms with Gasteiger partial charge in [0, 0.05) is 24.7 Å². The first-order valence-corrected chi connectivity index (χ1v) is 6.88. The van der Waals surface area contributed by atoms with Crippen LogP contribution >= 0.6 is 0 Å². The molecule has 2 saturated heterocycles. The number of hydrogen-bond donors (Lipinski definition) is 1. The molecule has 86 valence electrons. The monoisotopic (exact) mass is 208 g/mol. The van der Waals surface area contributed by atoms with Gasteiger partial charge in [0.2, 0.25) is 0 Å². The van der Waals surface area contributed by atoms with Crippen LogP contribution in [0, 0.1) is 5.92 Å². The minimum Gasteiger partial charge on any atom is -0.309 e. The Hall–Kier alpha value is -0.0800. The Morgan fingerprint density at radius 3 is 2.87 bits per heavy atom. The highest BCUT2D eigenvalue weighted by molar-refractivity contribution is 5.00. The molecular formula is C13H24N2. The molecule has 1 aliphatic carbocycles. The van der Waals surface area contributed by atoms with Crippen LogP contribution in [0.2, 0.25) is 0 Å². The van der Waals surface area contributed by atoms with Crippen LogP contribution in [0.15, 0.2) is 0 Å². The average molecular weight is 208 g/mol. The van der Waals surface area contributed by atoms with Crippen LogP contribution < -0.4 is 5.32 Å². The molecule has 0 aromatic carbocycles. The molecule has 2 heterocycles. The summed E-state index contributed by atoms with van der Waals surface area (Å²) in [6.07, 6.45) is 8.56. The summed E-state index contributed by atoms with van der Waals surface area (Å²) in [5.74, 6) is 1.00. The minimum atomic E-state index is 0.826. The van der Waals surface area contributed by atoms with Crippen LogP contribution in [0.3, 0.4) is 0 Å². The number of rotatable bonds is 3. The molecule has 3 aliphatic rings. The first-order chi connectivity index (χ1) is 7.38. The molecule has 0 aromatic heterocycles. The maximum absolute atomic E-state index is 3.91. The lowest BCUT2D eigenvalue weighted by molar-refractivity contribution is 0.179. The van der Waals surface area contributed by atoms with Gasteiger partial charge in [-0.2, -0.15) is 0 Å². The zero-order valence-corrected chi connectivity index (χ0v) is 9.91. The summed E-state index contributed by atoms with van der Waals surface area (Å²) >= 11 is 0. The van der Waals surface area contributed by atoms with Gasteiger partial charge in [0.05, 0.1) is 0 Å². The zero-order chi connectivity index (χ0) is 10.3. The van der Waals surface area contributed by atoms with Gasteiger partial charge in [-0.1, -0.05) is 19.8 Å². The van der Waals surface area contributed by atoms with Crippen LogP contribution in [0.5, 0.6) is 0 Å². The highest BCUT2D eigenvalue weighted by atomic mass is 15.2. The molecule has 2 aliphatic heterocycles. The Morgan fingerprint density at radius 2 is 2.07 bits per heavy atom. The van der Waals surface area contributed by atoms with Gasteiger partial charge in [0.25, 0.3) is 0 Å². The van der Waals surface area contributed by atoms with Gasteiger partial charge in [-0.25, -0.2) is 0 Å². The van der Waals surface area contributed by atoms with E-state index in [-0.39, 0.29) is 0 Å². The average Bonchev–Trinajstić information content (AvgIpc) is 2.91. The lowest BCUT2D eigenvalue weighted by atomic mass is 9.99. The van der Waals surface area contributed by atoms with E-state index in [1.165, 1.54) is 51.6 Å². The van der Waals surface area contributed by atoms with Crippen molar-refractivity contribution in [1.82, 2.24) is 10.2 Å². The van der Waals surface area contributed by atoms with Gasteiger partial charge in [0.15, 0.2) is 0 Å². The van der Waals surface area contributed by atoms with E-state index in [1.807, 2.05) is 0 Å². The van der Waals surface area contributed by atoms with Crippen molar-refractivity contribution in [3.8, 4) is 0 Å². The van der Waals surface area contributed by atoms with E-state index in [2.05, 4.69) is 17.1 Å². The molecule has 15 heavy (non-hydrogen) atoms. The number of piperidine rings is 1. The zero-order valence-electron chi connectivity index (χ0n) is 9.91. The second kappa shape index (κ2) is 4.06. The summed E-state index contributed by atoms with van der Waals surface area (Å²) in [5, 5.41) is 3.91. The summed E-state index contributed by atoms with van der Waals surface area (Å²) in [5.41, 5.74) is 0. The summed E-state index contributed by atoms with van der Waals surface area (Å²) in [6.45, 7) is 5.05. The standard InChI is InChI=1S/C13H24N2/c1-2-10-9-12(10)14-11-6-8-15-7-4-3-5-13(11)15/h10-14H,2-9H2,1H3. The molecule has 1 N–H and O–H groups in total. The smallest absolute Gasteiger partial charge is 0.0249 e. The van der Waals surface area contributed by atoms with E-state index < -0.39 is 0 Å². The third-order valence-electron chi connectivity index (χ3n) is 4.73. The fourth-order valence-corrected chi connectivity index (χ4v) is 3.62. The SMILES string of the molecule is CCC1CC1NC1CCN2CCCCC12. The van der Waals surface area contributed by atoms with Crippen molar-refractivity contribution in [2.45, 2.75) is 63.6 Å². The Bertz CT molecular complexity index is 229. The topological polar surface area (TPSA) is 15.3 Å². The van der Waals surface area contributed by atoms with Gasteiger partial charge in [0.1, 0.15) is 0 Å². The van der Waals surface area contributed by atoms with E-state index in [4.69, 9.17) is 0 Å². The molecule has 4 atom stereocenters. The molecule has 2 heteroatoms. The van der Waals surface area contributed by atoms with Crippen LogP contribution in [0.1, 0.15) is 45.4 Å². The molecule has 0 bridgehead atoms. The summed E-state index contributed by atoms with van der Waals surface area (Å²) in [6, 6.07) is 2.59. The Kier molecular flexibility index (Phi) is 2.73. The van der Waals surface area contributed by atoms with E-state index in [1.54, 1.807) is 0 Å². The normalized spacial score (nSPS) is 45.4. The highest BCUT2D eigenvalue weighted by Crippen LogP contribution is 2.36. The fourth-order valence-electron chi connectivity index (χ4n) is 3.62. The molecule has 4 unspecified atom stereocenters. The second-order valence-electron chi connectivity index (χ2n) is 5.67. The van der Waals surface area contributed by atoms with Crippen LogP contribution in [-0.4, -0.2) is 36.1 Å². The van der Waals surface area contributed by atoms with Crippen molar-refractivity contribution in [1.29, 1.82) is 0 Å². The Morgan fingerprint density at radius 1 is 1.13 bits per heavy atom. The Labute approximate surface area is 93.4 Å². The third-order valence-corrected chi connectivity index (χ3v) is 4.73. The predicted molar refractivity (Wildman–Crippen MR) is 62.9 cm³/mol. The largest absolute Gasteiger partial charge is 0.309 e.